The van der Waals surface area contributed by atoms with Crippen molar-refractivity contribution in [2.75, 3.05) is 13.2 Å². The van der Waals surface area contributed by atoms with Gasteiger partial charge in [-0.3, -0.25) is 14.4 Å². The van der Waals surface area contributed by atoms with Crippen molar-refractivity contribution >= 4 is 23.7 Å². The van der Waals surface area contributed by atoms with Crippen LogP contribution in [0.3, 0.4) is 0 Å². The van der Waals surface area contributed by atoms with Crippen LogP contribution in [-0.2, 0) is 35.0 Å². The Morgan fingerprint density at radius 1 is 0.974 bits per heavy atom. The summed E-state index contributed by atoms with van der Waals surface area (Å²) in [6.45, 7) is 6.28. The standard InChI is InChI=1S/C27H39F2N3O7/c1-16(2)12-19(31-23(35)20(14-37-24(28)29)32-25(36)39-26(3,4)5)22(34)30-18(21(33)27(6)15-38-27)13-17-10-8-7-9-11-17/h7-11,16,18-20,24H,12-15H2,1-6H3,(H,30,34)(H,31,35)(H,32,36)/t18-,19-,20-,27-/m0/s1. The highest BCUT2D eigenvalue weighted by molar-refractivity contribution is 5.98. The van der Waals surface area contributed by atoms with E-state index in [4.69, 9.17) is 9.47 Å². The highest BCUT2D eigenvalue weighted by Gasteiger charge is 2.50. The molecule has 1 saturated heterocycles. The first-order valence-electron chi connectivity index (χ1n) is 12.8. The molecule has 39 heavy (non-hydrogen) atoms. The third-order valence-corrected chi connectivity index (χ3v) is 5.75. The number of alkyl halides is 2. The molecule has 0 spiro atoms. The molecule has 0 saturated carbocycles. The molecule has 1 fully saturated rings. The second-order valence-corrected chi connectivity index (χ2v) is 11.1. The molecule has 12 heteroatoms. The maximum Gasteiger partial charge on any atom is 0.408 e. The fraction of sp³-hybridized carbons (Fsp3) is 0.630. The van der Waals surface area contributed by atoms with Gasteiger partial charge in [-0.05, 0) is 52.0 Å². The van der Waals surface area contributed by atoms with Crippen LogP contribution >= 0.6 is 0 Å². The molecule has 4 atom stereocenters. The van der Waals surface area contributed by atoms with Gasteiger partial charge in [0.1, 0.15) is 23.3 Å². The number of carbonyl (C=O) groups excluding carboxylic acids is 4. The molecule has 1 aliphatic rings. The first-order valence-corrected chi connectivity index (χ1v) is 12.8. The minimum atomic E-state index is -3.19. The SMILES string of the molecule is CC(C)C[C@H](NC(=O)[C@H](COC(F)F)NC(=O)OC(C)(C)C)C(=O)N[C@@H](Cc1ccccc1)C(=O)[C@]1(C)CO1. The second kappa shape index (κ2) is 13.8. The van der Waals surface area contributed by atoms with Gasteiger partial charge in [-0.2, -0.15) is 8.78 Å². The van der Waals surface area contributed by atoms with Gasteiger partial charge in [-0.25, -0.2) is 4.79 Å². The van der Waals surface area contributed by atoms with Crippen LogP contribution in [0.4, 0.5) is 13.6 Å². The quantitative estimate of drug-likeness (QED) is 0.301. The van der Waals surface area contributed by atoms with Gasteiger partial charge in [0.25, 0.3) is 0 Å². The van der Waals surface area contributed by atoms with Crippen LogP contribution < -0.4 is 16.0 Å². The number of amides is 3. The summed E-state index contributed by atoms with van der Waals surface area (Å²) in [6, 6.07) is 5.47. The van der Waals surface area contributed by atoms with Gasteiger partial charge in [0.15, 0.2) is 5.78 Å². The predicted octanol–water partition coefficient (Wildman–Crippen LogP) is 2.74. The molecular weight excluding hydrogens is 516 g/mol. The van der Waals surface area contributed by atoms with Gasteiger partial charge in [0.2, 0.25) is 11.8 Å². The van der Waals surface area contributed by atoms with E-state index in [9.17, 15) is 28.0 Å². The van der Waals surface area contributed by atoms with E-state index in [0.29, 0.717) is 0 Å². The molecule has 0 aliphatic carbocycles. The average Bonchev–Trinajstić information content (AvgIpc) is 3.57. The molecule has 0 unspecified atom stereocenters. The monoisotopic (exact) mass is 555 g/mol. The fourth-order valence-corrected chi connectivity index (χ4v) is 3.73. The lowest BCUT2D eigenvalue weighted by Crippen LogP contribution is -2.58. The van der Waals surface area contributed by atoms with Crippen molar-refractivity contribution in [2.45, 2.75) is 90.3 Å². The van der Waals surface area contributed by atoms with Crippen LogP contribution in [0, 0.1) is 5.92 Å². The zero-order valence-corrected chi connectivity index (χ0v) is 23.2. The van der Waals surface area contributed by atoms with E-state index in [-0.39, 0.29) is 31.1 Å². The third kappa shape index (κ3) is 11.3. The summed E-state index contributed by atoms with van der Waals surface area (Å²) in [6.07, 6.45) is -0.638. The van der Waals surface area contributed by atoms with Crippen molar-refractivity contribution in [3.05, 3.63) is 35.9 Å². The zero-order chi connectivity index (χ0) is 29.4. The van der Waals surface area contributed by atoms with E-state index < -0.39 is 60.5 Å². The number of carbonyl (C=O) groups is 4. The zero-order valence-electron chi connectivity index (χ0n) is 23.2. The lowest BCUT2D eigenvalue weighted by molar-refractivity contribution is -0.145. The number of rotatable bonds is 14. The number of epoxide rings is 1. The molecule has 218 valence electrons. The van der Waals surface area contributed by atoms with E-state index in [1.54, 1.807) is 27.7 Å². The smallest absolute Gasteiger partial charge is 0.408 e. The average molecular weight is 556 g/mol. The number of hydrogen-bond acceptors (Lipinski definition) is 7. The number of halogens is 2. The summed E-state index contributed by atoms with van der Waals surface area (Å²) in [5.41, 5.74) is -1.09. The molecule has 1 aliphatic heterocycles. The van der Waals surface area contributed by atoms with Gasteiger partial charge < -0.3 is 30.2 Å². The summed E-state index contributed by atoms with van der Waals surface area (Å²) >= 11 is 0. The van der Waals surface area contributed by atoms with Crippen molar-refractivity contribution in [1.29, 1.82) is 0 Å². The Labute approximate surface area is 227 Å². The highest BCUT2D eigenvalue weighted by Crippen LogP contribution is 2.29. The van der Waals surface area contributed by atoms with Gasteiger partial charge in [-0.15, -0.1) is 0 Å². The van der Waals surface area contributed by atoms with Crippen LogP contribution in [0.5, 0.6) is 0 Å². The lowest BCUT2D eigenvalue weighted by atomic mass is 9.94. The van der Waals surface area contributed by atoms with Gasteiger partial charge in [0, 0.05) is 0 Å². The first kappa shape index (κ1) is 32.1. The van der Waals surface area contributed by atoms with Crippen LogP contribution in [0.25, 0.3) is 0 Å². The fourth-order valence-electron chi connectivity index (χ4n) is 3.73. The van der Waals surface area contributed by atoms with Gasteiger partial charge >= 0.3 is 12.7 Å². The molecule has 3 amide bonds. The minimum absolute atomic E-state index is 0.0665. The van der Waals surface area contributed by atoms with Gasteiger partial charge in [-0.1, -0.05) is 44.2 Å². The molecule has 2 rings (SSSR count). The maximum atomic E-state index is 13.4. The summed E-state index contributed by atoms with van der Waals surface area (Å²) in [5, 5.41) is 7.46. The summed E-state index contributed by atoms with van der Waals surface area (Å²) in [7, 11) is 0. The number of hydrogen-bond donors (Lipinski definition) is 3. The lowest BCUT2D eigenvalue weighted by Gasteiger charge is -2.27. The number of ether oxygens (including phenoxy) is 3. The van der Waals surface area contributed by atoms with Crippen LogP contribution in [0.15, 0.2) is 30.3 Å². The molecule has 0 radical (unpaired) electrons. The van der Waals surface area contributed by atoms with Crippen molar-refractivity contribution in [3.8, 4) is 0 Å². The van der Waals surface area contributed by atoms with E-state index in [2.05, 4.69) is 20.7 Å². The second-order valence-electron chi connectivity index (χ2n) is 11.1. The van der Waals surface area contributed by atoms with Crippen molar-refractivity contribution in [2.24, 2.45) is 5.92 Å². The summed E-state index contributed by atoms with van der Waals surface area (Å²) in [4.78, 5) is 51.8. The summed E-state index contributed by atoms with van der Waals surface area (Å²) < 4.78 is 40.1. The Morgan fingerprint density at radius 3 is 2.05 bits per heavy atom. The van der Waals surface area contributed by atoms with E-state index in [1.165, 1.54) is 0 Å². The minimum Gasteiger partial charge on any atom is -0.444 e. The Kier molecular flexibility index (Phi) is 11.3. The molecule has 1 aromatic carbocycles. The van der Waals surface area contributed by atoms with Crippen LogP contribution in [0.1, 0.15) is 53.5 Å². The van der Waals surface area contributed by atoms with Crippen molar-refractivity contribution in [3.63, 3.8) is 0 Å². The number of nitrogens with one attached hydrogen (secondary N) is 3. The maximum absolute atomic E-state index is 13.4. The number of alkyl carbamates (subject to hydrolysis) is 1. The molecule has 0 aromatic heterocycles. The molecule has 1 aromatic rings. The predicted molar refractivity (Wildman–Crippen MR) is 138 cm³/mol. The Bertz CT molecular complexity index is 995. The molecule has 10 nitrogen and oxygen atoms in total. The van der Waals surface area contributed by atoms with Gasteiger partial charge in [0.05, 0.1) is 19.3 Å². The highest BCUT2D eigenvalue weighted by atomic mass is 19.3. The van der Waals surface area contributed by atoms with E-state index >= 15 is 0 Å². The normalized spacial score (nSPS) is 19.1. The number of Topliss-reactive ketones (excluding diaryl/α,β-unsaturated/α-hetero) is 1. The Morgan fingerprint density at radius 2 is 1.54 bits per heavy atom. The molecule has 1 heterocycles. The molecular formula is C27H39F2N3O7. The number of ketones is 1. The largest absolute Gasteiger partial charge is 0.444 e. The number of benzene rings is 1. The molecule has 0 bridgehead atoms. The van der Waals surface area contributed by atoms with Crippen LogP contribution in [0.2, 0.25) is 0 Å². The van der Waals surface area contributed by atoms with Crippen molar-refractivity contribution in [1.82, 2.24) is 16.0 Å². The third-order valence-electron chi connectivity index (χ3n) is 5.75. The first-order chi connectivity index (χ1) is 18.1. The van der Waals surface area contributed by atoms with Crippen molar-refractivity contribution < 1.29 is 42.2 Å². The van der Waals surface area contributed by atoms with E-state index in [1.807, 2.05) is 44.2 Å². The summed E-state index contributed by atoms with van der Waals surface area (Å²) in [5.74, 6) is -1.93. The van der Waals surface area contributed by atoms with Crippen LogP contribution in [-0.4, -0.2) is 72.8 Å². The van der Waals surface area contributed by atoms with E-state index in [0.717, 1.165) is 5.56 Å². The Balaban J connectivity index is 2.20. The topological polar surface area (TPSA) is 135 Å². The molecule has 3 N–H and O–H groups in total. The Hall–Kier alpha value is -3.12.